The van der Waals surface area contributed by atoms with E-state index in [1.807, 2.05) is 7.05 Å². The zero-order valence-electron chi connectivity index (χ0n) is 18.8. The minimum atomic E-state index is -0.818. The van der Waals surface area contributed by atoms with Gasteiger partial charge in [-0.05, 0) is 25.2 Å². The summed E-state index contributed by atoms with van der Waals surface area (Å²) in [5, 5.41) is 17.4. The van der Waals surface area contributed by atoms with Crippen molar-refractivity contribution in [3.8, 4) is 17.2 Å². The summed E-state index contributed by atoms with van der Waals surface area (Å²) < 4.78 is 37.0. The molecule has 0 unspecified atom stereocenters. The lowest BCUT2D eigenvalue weighted by atomic mass is 9.95. The summed E-state index contributed by atoms with van der Waals surface area (Å²) in [5.41, 5.74) is 0.117. The van der Waals surface area contributed by atoms with Crippen molar-refractivity contribution < 1.29 is 18.3 Å². The fourth-order valence-electron chi connectivity index (χ4n) is 5.57. The minimum Gasteiger partial charge on any atom is -0.442 e. The van der Waals surface area contributed by atoms with Crippen LogP contribution in [0, 0.1) is 34.8 Å². The van der Waals surface area contributed by atoms with Crippen molar-refractivity contribution in [2.24, 2.45) is 11.8 Å². The molecule has 0 radical (unpaired) electrons. The number of aromatic nitrogens is 4. The normalized spacial score (nSPS) is 27.5. The zero-order chi connectivity index (χ0) is 24.3. The molecule has 6 rings (SSSR count). The van der Waals surface area contributed by atoms with Gasteiger partial charge in [0.05, 0.1) is 42.3 Å². The molecule has 2 saturated heterocycles. The molecule has 1 saturated carbocycles. The molecule has 0 N–H and O–H groups in total. The third kappa shape index (κ3) is 3.36. The molecule has 0 bridgehead atoms. The van der Waals surface area contributed by atoms with E-state index in [4.69, 9.17) is 4.74 Å². The van der Waals surface area contributed by atoms with Crippen LogP contribution in [0.3, 0.4) is 0 Å². The monoisotopic (exact) mass is 477 g/mol. The predicted octanol–water partition coefficient (Wildman–Crippen LogP) is 2.60. The van der Waals surface area contributed by atoms with Crippen molar-refractivity contribution in [3.63, 3.8) is 0 Å². The first kappa shape index (κ1) is 21.6. The summed E-state index contributed by atoms with van der Waals surface area (Å²) in [4.78, 5) is 20.2. The van der Waals surface area contributed by atoms with E-state index >= 15 is 8.78 Å². The van der Waals surface area contributed by atoms with Gasteiger partial charge in [-0.3, -0.25) is 9.88 Å². The van der Waals surface area contributed by atoms with E-state index < -0.39 is 29.2 Å². The van der Waals surface area contributed by atoms with Crippen LogP contribution in [0.2, 0.25) is 0 Å². The molecule has 1 amide bonds. The molecule has 9 nitrogen and oxygen atoms in total. The van der Waals surface area contributed by atoms with Crippen LogP contribution in [-0.2, 0) is 16.7 Å². The highest BCUT2D eigenvalue weighted by Crippen LogP contribution is 2.62. The van der Waals surface area contributed by atoms with Crippen LogP contribution in [0.15, 0.2) is 42.9 Å². The molecule has 1 aromatic carbocycles. The van der Waals surface area contributed by atoms with E-state index in [1.165, 1.54) is 22.0 Å². The molecular weight excluding hydrogens is 456 g/mol. The van der Waals surface area contributed by atoms with E-state index in [2.05, 4.69) is 26.3 Å². The molecule has 4 atom stereocenters. The van der Waals surface area contributed by atoms with Crippen LogP contribution < -0.4 is 4.90 Å². The predicted molar refractivity (Wildman–Crippen MR) is 119 cm³/mol. The van der Waals surface area contributed by atoms with Crippen molar-refractivity contribution in [1.82, 2.24) is 24.9 Å². The van der Waals surface area contributed by atoms with Crippen LogP contribution in [0.1, 0.15) is 5.69 Å². The number of likely N-dealkylation sites (tertiary alicyclic amines) is 1. The highest BCUT2D eigenvalue weighted by Gasteiger charge is 2.70. The molecule has 2 aromatic heterocycles. The fourth-order valence-corrected chi connectivity index (χ4v) is 5.57. The van der Waals surface area contributed by atoms with Gasteiger partial charge in [-0.15, -0.1) is 5.10 Å². The van der Waals surface area contributed by atoms with Gasteiger partial charge in [0.25, 0.3) is 0 Å². The number of pyridine rings is 1. The van der Waals surface area contributed by atoms with Gasteiger partial charge in [0.15, 0.2) is 0 Å². The number of nitrogens with zero attached hydrogens (tertiary/aromatic N) is 7. The smallest absolute Gasteiger partial charge is 0.414 e. The standard InChI is InChI=1S/C24H21F2N7O2/c1-31-11-17-18(12-31)24(17,13-27)21-3-2-14(8-28-21)22-19(25)6-15(7-20(22)26)33-10-16(35-23(33)34)9-32-5-4-29-30-32/h2-8,16-18H,9-12H2,1H3/t16-,17-,18+,24+/m0/s1. The second-order valence-electron chi connectivity index (χ2n) is 9.37. The van der Waals surface area contributed by atoms with E-state index in [0.29, 0.717) is 5.69 Å². The number of ether oxygens (including phenoxy) is 1. The van der Waals surface area contributed by atoms with Crippen LogP contribution in [0.5, 0.6) is 0 Å². The maximum Gasteiger partial charge on any atom is 0.414 e. The Labute approximate surface area is 199 Å². The number of carbonyl (C=O) groups excluding carboxylic acids is 1. The number of hydrogen-bond donors (Lipinski definition) is 0. The van der Waals surface area contributed by atoms with Crippen molar-refractivity contribution in [1.29, 1.82) is 5.26 Å². The topological polar surface area (TPSA) is 100 Å². The molecule has 0 spiro atoms. The number of benzene rings is 1. The van der Waals surface area contributed by atoms with Gasteiger partial charge in [-0.25, -0.2) is 18.3 Å². The second kappa shape index (κ2) is 7.81. The molecule has 11 heteroatoms. The Bertz CT molecular complexity index is 1300. The number of anilines is 1. The average Bonchev–Trinajstić information content (AvgIpc) is 3.31. The molecule has 178 valence electrons. The Morgan fingerprint density at radius 1 is 1.20 bits per heavy atom. The van der Waals surface area contributed by atoms with Crippen LogP contribution >= 0.6 is 0 Å². The third-order valence-electron chi connectivity index (χ3n) is 7.30. The average molecular weight is 477 g/mol. The van der Waals surface area contributed by atoms with Crippen LogP contribution in [0.4, 0.5) is 19.3 Å². The Morgan fingerprint density at radius 2 is 1.94 bits per heavy atom. The molecule has 2 aliphatic heterocycles. The molecule has 1 aliphatic carbocycles. The third-order valence-corrected chi connectivity index (χ3v) is 7.30. The van der Waals surface area contributed by atoms with Gasteiger partial charge in [0, 0.05) is 42.9 Å². The second-order valence-corrected chi connectivity index (χ2v) is 9.37. The lowest BCUT2D eigenvalue weighted by Crippen LogP contribution is -2.27. The fraction of sp³-hybridized carbons (Fsp3) is 0.375. The molecule has 4 heterocycles. The number of hydrogen-bond acceptors (Lipinski definition) is 7. The first-order valence-corrected chi connectivity index (χ1v) is 11.3. The van der Waals surface area contributed by atoms with Crippen molar-refractivity contribution in [3.05, 3.63) is 60.2 Å². The number of piperidine rings is 1. The number of rotatable bonds is 5. The highest BCUT2D eigenvalue weighted by atomic mass is 19.1. The number of amides is 1. The Hall–Kier alpha value is -3.91. The number of fused-ring (bicyclic) bond motifs is 1. The summed E-state index contributed by atoms with van der Waals surface area (Å²) >= 11 is 0. The Balaban J connectivity index is 1.23. The quantitative estimate of drug-likeness (QED) is 0.557. The maximum absolute atomic E-state index is 15.1. The largest absolute Gasteiger partial charge is 0.442 e. The van der Waals surface area contributed by atoms with Gasteiger partial charge in [0.1, 0.15) is 23.2 Å². The van der Waals surface area contributed by atoms with E-state index in [1.54, 1.807) is 18.3 Å². The Morgan fingerprint density at radius 3 is 2.54 bits per heavy atom. The highest BCUT2D eigenvalue weighted by molar-refractivity contribution is 5.90. The summed E-state index contributed by atoms with van der Waals surface area (Å²) in [6, 6.07) is 7.95. The summed E-state index contributed by atoms with van der Waals surface area (Å²) in [6.45, 7) is 2.09. The first-order chi connectivity index (χ1) is 16.9. The lowest BCUT2D eigenvalue weighted by Gasteiger charge is -2.18. The number of nitriles is 1. The van der Waals surface area contributed by atoms with E-state index in [0.717, 1.165) is 25.2 Å². The van der Waals surface area contributed by atoms with Crippen LogP contribution in [-0.4, -0.2) is 63.8 Å². The van der Waals surface area contributed by atoms with Crippen molar-refractivity contribution in [2.75, 3.05) is 31.6 Å². The summed E-state index contributed by atoms with van der Waals surface area (Å²) in [6.07, 6.45) is 3.34. The number of halogens is 2. The molecular formula is C24H21F2N7O2. The maximum atomic E-state index is 15.1. The van der Waals surface area contributed by atoms with Crippen LogP contribution in [0.25, 0.3) is 11.1 Å². The molecule has 3 aromatic rings. The summed E-state index contributed by atoms with van der Waals surface area (Å²) in [7, 11) is 2.03. The van der Waals surface area contributed by atoms with Gasteiger partial charge in [-0.2, -0.15) is 5.26 Å². The molecule has 3 aliphatic rings. The van der Waals surface area contributed by atoms with Crippen molar-refractivity contribution >= 4 is 11.8 Å². The Kier molecular flexibility index (Phi) is 4.82. The molecule has 3 fully saturated rings. The van der Waals surface area contributed by atoms with E-state index in [-0.39, 0.29) is 41.7 Å². The van der Waals surface area contributed by atoms with Gasteiger partial charge in [-0.1, -0.05) is 11.3 Å². The van der Waals surface area contributed by atoms with E-state index in [9.17, 15) is 10.1 Å². The van der Waals surface area contributed by atoms with Gasteiger partial charge >= 0.3 is 6.09 Å². The number of cyclic esters (lactones) is 1. The summed E-state index contributed by atoms with van der Waals surface area (Å²) in [5.74, 6) is -1.17. The zero-order valence-corrected chi connectivity index (χ0v) is 18.8. The first-order valence-electron chi connectivity index (χ1n) is 11.3. The van der Waals surface area contributed by atoms with Crippen molar-refractivity contribution in [2.45, 2.75) is 18.1 Å². The lowest BCUT2D eigenvalue weighted by molar-refractivity contribution is 0.129. The minimum absolute atomic E-state index is 0.0674. The van der Waals surface area contributed by atoms with Gasteiger partial charge in [0.2, 0.25) is 0 Å². The van der Waals surface area contributed by atoms with Gasteiger partial charge < -0.3 is 9.64 Å². The SMILES string of the molecule is CN1C[C@@H]2[C@H](C1)[C@@]2(C#N)c1ccc(-c2c(F)cc(N3C[C@H](Cn4ccnn4)OC3=O)cc2F)cn1. The molecule has 35 heavy (non-hydrogen) atoms. The number of carbonyl (C=O) groups is 1.